The fourth-order valence-corrected chi connectivity index (χ4v) is 1.76. The number of rotatable bonds is 2. The van der Waals surface area contributed by atoms with Crippen molar-refractivity contribution in [3.05, 3.63) is 65.5 Å². The minimum absolute atomic E-state index is 0.193. The Hall–Kier alpha value is -1.28. The van der Waals surface area contributed by atoms with Gasteiger partial charge in [0.25, 0.3) is 0 Å². The summed E-state index contributed by atoms with van der Waals surface area (Å²) in [5.74, 6) is -0.193. The third-order valence-corrected chi connectivity index (χ3v) is 2.51. The van der Waals surface area contributed by atoms with Crippen LogP contribution in [0.5, 0.6) is 0 Å². The van der Waals surface area contributed by atoms with Gasteiger partial charge in [0.1, 0.15) is 5.82 Å². The van der Waals surface area contributed by atoms with Crippen molar-refractivity contribution >= 4 is 12.6 Å². The number of hydrogen-bond acceptors (Lipinski definition) is 1. The topological polar surface area (TPSA) is 0 Å². The smallest absolute Gasteiger partial charge is 0.123 e. The van der Waals surface area contributed by atoms with Crippen molar-refractivity contribution in [3.63, 3.8) is 0 Å². The minimum Gasteiger partial charge on any atom is -0.207 e. The van der Waals surface area contributed by atoms with Gasteiger partial charge in [0.2, 0.25) is 0 Å². The summed E-state index contributed by atoms with van der Waals surface area (Å²) in [6.45, 7) is 0. The summed E-state index contributed by atoms with van der Waals surface area (Å²) < 4.78 is 12.7. The number of halogens is 1. The molecule has 2 heteroatoms. The van der Waals surface area contributed by atoms with Crippen LogP contribution in [0.4, 0.5) is 4.39 Å². The molecule has 2 rings (SSSR count). The predicted octanol–water partition coefficient (Wildman–Crippen LogP) is 3.71. The maximum atomic E-state index is 12.7. The molecule has 76 valence electrons. The van der Waals surface area contributed by atoms with Crippen LogP contribution >= 0.6 is 12.6 Å². The van der Waals surface area contributed by atoms with Crippen molar-refractivity contribution < 1.29 is 4.39 Å². The molecule has 0 aromatic heterocycles. The van der Waals surface area contributed by atoms with Gasteiger partial charge in [-0.25, -0.2) is 4.39 Å². The summed E-state index contributed by atoms with van der Waals surface area (Å²) >= 11 is 4.28. The molecular weight excluding hydrogens is 207 g/mol. The molecule has 0 aliphatic carbocycles. The molecule has 0 amide bonds. The number of thiol groups is 1. The van der Waals surface area contributed by atoms with Crippen LogP contribution in [0.3, 0.4) is 0 Å². The highest BCUT2D eigenvalue weighted by Crippen LogP contribution is 2.13. The van der Waals surface area contributed by atoms with Crippen LogP contribution in [0.1, 0.15) is 11.1 Å². The zero-order valence-corrected chi connectivity index (χ0v) is 9.05. The van der Waals surface area contributed by atoms with Gasteiger partial charge in [0.05, 0.1) is 0 Å². The molecule has 0 nitrogen and oxygen atoms in total. The second kappa shape index (κ2) is 4.49. The number of benzene rings is 2. The van der Waals surface area contributed by atoms with E-state index in [4.69, 9.17) is 0 Å². The van der Waals surface area contributed by atoms with Gasteiger partial charge in [-0.15, -0.1) is 12.6 Å². The molecule has 2 aromatic carbocycles. The molecule has 15 heavy (non-hydrogen) atoms. The van der Waals surface area contributed by atoms with Crippen molar-refractivity contribution in [1.82, 2.24) is 0 Å². The average Bonchev–Trinajstić information content (AvgIpc) is 2.22. The summed E-state index contributed by atoms with van der Waals surface area (Å²) in [4.78, 5) is 0.953. The van der Waals surface area contributed by atoms with Gasteiger partial charge in [0.15, 0.2) is 0 Å². The Morgan fingerprint density at radius 3 is 2.33 bits per heavy atom. The summed E-state index contributed by atoms with van der Waals surface area (Å²) in [6, 6.07) is 14.6. The molecule has 0 heterocycles. The SMILES string of the molecule is Fc1ccc(Cc2cccc(S)c2)cc1. The maximum Gasteiger partial charge on any atom is 0.123 e. The lowest BCUT2D eigenvalue weighted by Crippen LogP contribution is -1.88. The molecule has 0 aliphatic heterocycles. The van der Waals surface area contributed by atoms with Crippen molar-refractivity contribution in [2.75, 3.05) is 0 Å². The van der Waals surface area contributed by atoms with E-state index in [1.807, 2.05) is 24.3 Å². The Morgan fingerprint density at radius 2 is 1.67 bits per heavy atom. The van der Waals surface area contributed by atoms with Gasteiger partial charge < -0.3 is 0 Å². The summed E-state index contributed by atoms with van der Waals surface area (Å²) in [5, 5.41) is 0. The quantitative estimate of drug-likeness (QED) is 0.730. The van der Waals surface area contributed by atoms with E-state index in [2.05, 4.69) is 12.6 Å². The maximum absolute atomic E-state index is 12.7. The highest BCUT2D eigenvalue weighted by molar-refractivity contribution is 7.80. The molecule has 0 N–H and O–H groups in total. The van der Waals surface area contributed by atoms with E-state index in [0.717, 1.165) is 16.9 Å². The lowest BCUT2D eigenvalue weighted by Gasteiger charge is -2.02. The molecule has 2 aromatic rings. The molecule has 0 atom stereocenters. The van der Waals surface area contributed by atoms with Crippen LogP contribution < -0.4 is 0 Å². The third-order valence-electron chi connectivity index (χ3n) is 2.23. The second-order valence-corrected chi connectivity index (χ2v) is 3.99. The first kappa shape index (κ1) is 10.2. The van der Waals surface area contributed by atoms with Crippen LogP contribution in [0, 0.1) is 5.82 Å². The normalized spacial score (nSPS) is 10.3. The van der Waals surface area contributed by atoms with Gasteiger partial charge in [-0.05, 0) is 41.8 Å². The van der Waals surface area contributed by atoms with E-state index < -0.39 is 0 Å². The zero-order valence-electron chi connectivity index (χ0n) is 8.15. The molecule has 0 aliphatic rings. The van der Waals surface area contributed by atoms with Crippen LogP contribution in [-0.2, 0) is 6.42 Å². The average molecular weight is 218 g/mol. The second-order valence-electron chi connectivity index (χ2n) is 3.47. The highest BCUT2D eigenvalue weighted by atomic mass is 32.1. The van der Waals surface area contributed by atoms with E-state index in [1.54, 1.807) is 12.1 Å². The van der Waals surface area contributed by atoms with E-state index in [-0.39, 0.29) is 5.82 Å². The molecule has 0 unspecified atom stereocenters. The zero-order chi connectivity index (χ0) is 10.7. The highest BCUT2D eigenvalue weighted by Gasteiger charge is 1.97. The van der Waals surface area contributed by atoms with Gasteiger partial charge in [-0.1, -0.05) is 24.3 Å². The molecule has 0 saturated carbocycles. The Morgan fingerprint density at radius 1 is 0.933 bits per heavy atom. The molecule has 0 saturated heterocycles. The summed E-state index contributed by atoms with van der Waals surface area (Å²) in [7, 11) is 0. The fraction of sp³-hybridized carbons (Fsp3) is 0.0769. The molecule has 0 fully saturated rings. The van der Waals surface area contributed by atoms with Gasteiger partial charge >= 0.3 is 0 Å². The minimum atomic E-state index is -0.193. The van der Waals surface area contributed by atoms with Crippen LogP contribution in [-0.4, -0.2) is 0 Å². The van der Waals surface area contributed by atoms with E-state index >= 15 is 0 Å². The fourth-order valence-electron chi connectivity index (χ4n) is 1.50. The van der Waals surface area contributed by atoms with E-state index in [1.165, 1.54) is 17.7 Å². The van der Waals surface area contributed by atoms with Crippen molar-refractivity contribution in [2.24, 2.45) is 0 Å². The number of hydrogen-bond donors (Lipinski definition) is 1. The standard InChI is InChI=1S/C13H11FS/c14-12-6-4-10(5-7-12)8-11-2-1-3-13(15)9-11/h1-7,9,15H,8H2. The summed E-state index contributed by atoms with van der Waals surface area (Å²) in [6.07, 6.45) is 0.814. The lowest BCUT2D eigenvalue weighted by atomic mass is 10.1. The third kappa shape index (κ3) is 2.83. The first-order valence-corrected chi connectivity index (χ1v) is 5.21. The lowest BCUT2D eigenvalue weighted by molar-refractivity contribution is 0.627. The van der Waals surface area contributed by atoms with Crippen molar-refractivity contribution in [1.29, 1.82) is 0 Å². The first-order valence-electron chi connectivity index (χ1n) is 4.76. The molecule has 0 bridgehead atoms. The van der Waals surface area contributed by atoms with Gasteiger partial charge in [0, 0.05) is 4.90 Å². The Bertz CT molecular complexity index is 448. The van der Waals surface area contributed by atoms with Crippen molar-refractivity contribution in [2.45, 2.75) is 11.3 Å². The molecular formula is C13H11FS. The van der Waals surface area contributed by atoms with Crippen LogP contribution in [0.15, 0.2) is 53.4 Å². The Kier molecular flexibility index (Phi) is 3.07. The van der Waals surface area contributed by atoms with E-state index in [0.29, 0.717) is 0 Å². The predicted molar refractivity (Wildman–Crippen MR) is 62.9 cm³/mol. The Labute approximate surface area is 94.2 Å². The summed E-state index contributed by atoms with van der Waals surface area (Å²) in [5.41, 5.74) is 2.30. The monoisotopic (exact) mass is 218 g/mol. The van der Waals surface area contributed by atoms with Gasteiger partial charge in [-0.3, -0.25) is 0 Å². The molecule has 0 spiro atoms. The van der Waals surface area contributed by atoms with Crippen LogP contribution in [0.2, 0.25) is 0 Å². The van der Waals surface area contributed by atoms with Gasteiger partial charge in [-0.2, -0.15) is 0 Å². The Balaban J connectivity index is 2.18. The van der Waals surface area contributed by atoms with E-state index in [9.17, 15) is 4.39 Å². The van der Waals surface area contributed by atoms with Crippen molar-refractivity contribution in [3.8, 4) is 0 Å². The molecule has 0 radical (unpaired) electrons. The first-order chi connectivity index (χ1) is 7.24. The largest absolute Gasteiger partial charge is 0.207 e. The van der Waals surface area contributed by atoms with Crippen LogP contribution in [0.25, 0.3) is 0 Å².